The minimum atomic E-state index is -3.73. The van der Waals surface area contributed by atoms with E-state index < -0.39 is 10.0 Å². The maximum absolute atomic E-state index is 12.5. The van der Waals surface area contributed by atoms with Crippen molar-refractivity contribution in [3.05, 3.63) is 64.9 Å². The number of nitrogens with one attached hydrogen (secondary N) is 1. The fraction of sp³-hybridized carbons (Fsp3) is 0. The number of halogens is 2. The topological polar surface area (TPSA) is 59.1 Å². The smallest absolute Gasteiger partial charge is 0.261 e. The largest absolute Gasteiger partial charge is 0.279 e. The molecule has 112 valence electrons. The molecule has 0 amide bonds. The minimum Gasteiger partial charge on any atom is -0.279 e. The first-order chi connectivity index (χ1) is 10.5. The van der Waals surface area contributed by atoms with Crippen molar-refractivity contribution in [3.8, 4) is 0 Å². The van der Waals surface area contributed by atoms with Gasteiger partial charge in [0.1, 0.15) is 0 Å². The number of aromatic nitrogens is 1. The number of sulfonamides is 1. The lowest BCUT2D eigenvalue weighted by molar-refractivity contribution is 0.601. The third kappa shape index (κ3) is 3.02. The first-order valence-corrected chi connectivity index (χ1v) is 8.51. The number of rotatable bonds is 3. The SMILES string of the molecule is O=S(=O)(Nc1cc(Cl)cc2ccncc12)c1ccc(Cl)cc1. The normalized spacial score (nSPS) is 11.5. The Morgan fingerprint density at radius 2 is 1.68 bits per heavy atom. The number of nitrogens with zero attached hydrogens (tertiary/aromatic N) is 1. The monoisotopic (exact) mass is 352 g/mol. The predicted octanol–water partition coefficient (Wildman–Crippen LogP) is 4.34. The van der Waals surface area contributed by atoms with Crippen molar-refractivity contribution in [2.75, 3.05) is 4.72 Å². The zero-order chi connectivity index (χ0) is 15.7. The van der Waals surface area contributed by atoms with E-state index in [1.165, 1.54) is 24.3 Å². The highest BCUT2D eigenvalue weighted by Crippen LogP contribution is 2.29. The van der Waals surface area contributed by atoms with Gasteiger partial charge in [0.25, 0.3) is 10.0 Å². The van der Waals surface area contributed by atoms with Crippen LogP contribution in [0, 0.1) is 0 Å². The van der Waals surface area contributed by atoms with Crippen molar-refractivity contribution < 1.29 is 8.42 Å². The van der Waals surface area contributed by atoms with Gasteiger partial charge in [-0.3, -0.25) is 9.71 Å². The van der Waals surface area contributed by atoms with Gasteiger partial charge in [-0.2, -0.15) is 0 Å². The van der Waals surface area contributed by atoms with Gasteiger partial charge in [-0.05, 0) is 47.9 Å². The molecular formula is C15H10Cl2N2O2S. The number of benzene rings is 2. The molecule has 0 saturated heterocycles. The van der Waals surface area contributed by atoms with Crippen LogP contribution in [0.3, 0.4) is 0 Å². The maximum atomic E-state index is 12.5. The van der Waals surface area contributed by atoms with Gasteiger partial charge in [0.2, 0.25) is 0 Å². The highest BCUT2D eigenvalue weighted by molar-refractivity contribution is 7.92. The van der Waals surface area contributed by atoms with Crippen LogP contribution >= 0.6 is 23.2 Å². The van der Waals surface area contributed by atoms with Crippen LogP contribution in [0.4, 0.5) is 5.69 Å². The van der Waals surface area contributed by atoms with Crippen LogP contribution < -0.4 is 4.72 Å². The summed E-state index contributed by atoms with van der Waals surface area (Å²) in [6, 6.07) is 11.0. The molecule has 22 heavy (non-hydrogen) atoms. The zero-order valence-corrected chi connectivity index (χ0v) is 13.5. The van der Waals surface area contributed by atoms with Crippen LogP contribution in [0.1, 0.15) is 0 Å². The van der Waals surface area contributed by atoms with Crippen molar-refractivity contribution in [1.82, 2.24) is 4.98 Å². The van der Waals surface area contributed by atoms with Gasteiger partial charge in [-0.1, -0.05) is 23.2 Å². The molecule has 0 aliphatic rings. The van der Waals surface area contributed by atoms with Gasteiger partial charge in [0, 0.05) is 27.8 Å². The van der Waals surface area contributed by atoms with Gasteiger partial charge in [-0.25, -0.2) is 8.42 Å². The van der Waals surface area contributed by atoms with Crippen molar-refractivity contribution >= 4 is 49.7 Å². The van der Waals surface area contributed by atoms with Crippen molar-refractivity contribution in [3.63, 3.8) is 0 Å². The predicted molar refractivity (Wildman–Crippen MR) is 89.0 cm³/mol. The molecule has 0 spiro atoms. The summed E-state index contributed by atoms with van der Waals surface area (Å²) in [5.41, 5.74) is 0.380. The summed E-state index contributed by atoms with van der Waals surface area (Å²) in [5.74, 6) is 0. The second-order valence-electron chi connectivity index (χ2n) is 4.61. The summed E-state index contributed by atoms with van der Waals surface area (Å²) in [6.07, 6.45) is 3.21. The standard InChI is InChI=1S/C15H10Cl2N2O2S/c16-11-1-3-13(4-2-11)22(20,21)19-15-8-12(17)7-10-5-6-18-9-14(10)15/h1-9,19H. The number of anilines is 1. The summed E-state index contributed by atoms with van der Waals surface area (Å²) in [4.78, 5) is 4.14. The maximum Gasteiger partial charge on any atom is 0.261 e. The lowest BCUT2D eigenvalue weighted by Gasteiger charge is -2.11. The fourth-order valence-electron chi connectivity index (χ4n) is 2.06. The molecule has 1 aromatic heterocycles. The van der Waals surface area contributed by atoms with E-state index in [0.717, 1.165) is 5.39 Å². The van der Waals surface area contributed by atoms with Crippen molar-refractivity contribution in [2.24, 2.45) is 0 Å². The molecular weight excluding hydrogens is 343 g/mol. The van der Waals surface area contributed by atoms with Gasteiger partial charge in [-0.15, -0.1) is 0 Å². The van der Waals surface area contributed by atoms with Crippen LogP contribution in [0.2, 0.25) is 10.0 Å². The lowest BCUT2D eigenvalue weighted by atomic mass is 10.1. The van der Waals surface area contributed by atoms with Gasteiger partial charge >= 0.3 is 0 Å². The van der Waals surface area contributed by atoms with Crippen LogP contribution in [0.15, 0.2) is 59.8 Å². The minimum absolute atomic E-state index is 0.119. The van der Waals surface area contributed by atoms with Gasteiger partial charge in [0.15, 0.2) is 0 Å². The van der Waals surface area contributed by atoms with E-state index >= 15 is 0 Å². The molecule has 4 nitrogen and oxygen atoms in total. The zero-order valence-electron chi connectivity index (χ0n) is 11.1. The molecule has 0 bridgehead atoms. The van der Waals surface area contributed by atoms with Crippen molar-refractivity contribution in [2.45, 2.75) is 4.90 Å². The Bertz CT molecular complexity index is 941. The Morgan fingerprint density at radius 1 is 0.955 bits per heavy atom. The molecule has 0 radical (unpaired) electrons. The second kappa shape index (κ2) is 5.76. The molecule has 0 aliphatic carbocycles. The fourth-order valence-corrected chi connectivity index (χ4v) is 3.49. The Labute approximate surface area is 137 Å². The molecule has 3 rings (SSSR count). The van der Waals surface area contributed by atoms with E-state index in [1.807, 2.05) is 0 Å². The molecule has 0 saturated carbocycles. The highest BCUT2D eigenvalue weighted by Gasteiger charge is 2.16. The van der Waals surface area contributed by atoms with E-state index in [9.17, 15) is 8.42 Å². The van der Waals surface area contributed by atoms with Crippen LogP contribution in [-0.4, -0.2) is 13.4 Å². The Balaban J connectivity index is 2.07. The summed E-state index contributed by atoms with van der Waals surface area (Å²) >= 11 is 11.8. The highest BCUT2D eigenvalue weighted by atomic mass is 35.5. The van der Waals surface area contributed by atoms with Crippen LogP contribution in [-0.2, 0) is 10.0 Å². The molecule has 2 aromatic carbocycles. The van der Waals surface area contributed by atoms with E-state index in [2.05, 4.69) is 9.71 Å². The molecule has 3 aromatic rings. The first kappa shape index (κ1) is 15.1. The first-order valence-electron chi connectivity index (χ1n) is 6.27. The van der Waals surface area contributed by atoms with E-state index in [4.69, 9.17) is 23.2 Å². The van der Waals surface area contributed by atoms with Crippen LogP contribution in [0.25, 0.3) is 10.8 Å². The Kier molecular flexibility index (Phi) is 3.95. The lowest BCUT2D eigenvalue weighted by Crippen LogP contribution is -2.13. The number of hydrogen-bond donors (Lipinski definition) is 1. The molecule has 0 fully saturated rings. The van der Waals surface area contributed by atoms with E-state index in [-0.39, 0.29) is 4.90 Å². The van der Waals surface area contributed by atoms with Crippen molar-refractivity contribution in [1.29, 1.82) is 0 Å². The number of pyridine rings is 1. The summed E-state index contributed by atoms with van der Waals surface area (Å²) < 4.78 is 27.4. The molecule has 0 aliphatic heterocycles. The van der Waals surface area contributed by atoms with Crippen LogP contribution in [0.5, 0.6) is 0 Å². The third-order valence-electron chi connectivity index (χ3n) is 3.09. The van der Waals surface area contributed by atoms with E-state index in [0.29, 0.717) is 21.1 Å². The number of hydrogen-bond acceptors (Lipinski definition) is 3. The van der Waals surface area contributed by atoms with Gasteiger partial charge < -0.3 is 0 Å². The second-order valence-corrected chi connectivity index (χ2v) is 7.16. The third-order valence-corrected chi connectivity index (χ3v) is 4.94. The van der Waals surface area contributed by atoms with Gasteiger partial charge in [0.05, 0.1) is 10.6 Å². The molecule has 1 N–H and O–H groups in total. The molecule has 0 unspecified atom stereocenters. The summed E-state index contributed by atoms with van der Waals surface area (Å²) in [7, 11) is -3.73. The summed E-state index contributed by atoms with van der Waals surface area (Å²) in [6.45, 7) is 0. The average molecular weight is 353 g/mol. The quantitative estimate of drug-likeness (QED) is 0.762. The Morgan fingerprint density at radius 3 is 2.41 bits per heavy atom. The Hall–Kier alpha value is -1.82. The van der Waals surface area contributed by atoms with E-state index in [1.54, 1.807) is 30.6 Å². The number of fused-ring (bicyclic) bond motifs is 1. The molecule has 1 heterocycles. The summed E-state index contributed by atoms with van der Waals surface area (Å²) in [5, 5.41) is 2.38. The molecule has 7 heteroatoms. The average Bonchev–Trinajstić information content (AvgIpc) is 2.47. The molecule has 0 atom stereocenters.